The predicted molar refractivity (Wildman–Crippen MR) is 242 cm³/mol. The lowest BCUT2D eigenvalue weighted by Gasteiger charge is -2.16. The summed E-state index contributed by atoms with van der Waals surface area (Å²) >= 11 is 0. The summed E-state index contributed by atoms with van der Waals surface area (Å²) in [5.74, 6) is 0. The second-order valence-electron chi connectivity index (χ2n) is 14.9. The zero-order chi connectivity index (χ0) is 38.2. The van der Waals surface area contributed by atoms with Gasteiger partial charge in [0, 0.05) is 60.8 Å². The molecule has 4 aromatic heterocycles. The normalized spacial score (nSPS) is 11.8. The van der Waals surface area contributed by atoms with E-state index in [1.165, 1.54) is 37.7 Å². The first kappa shape index (κ1) is 32.4. The molecule has 58 heavy (non-hydrogen) atoms. The quantitative estimate of drug-likeness (QED) is 0.169. The van der Waals surface area contributed by atoms with Crippen molar-refractivity contribution in [3.8, 4) is 44.9 Å². The van der Waals surface area contributed by atoms with Gasteiger partial charge in [-0.3, -0.25) is 4.98 Å². The van der Waals surface area contributed by atoms with Crippen molar-refractivity contribution in [3.63, 3.8) is 0 Å². The molecule has 0 atom stereocenters. The van der Waals surface area contributed by atoms with Crippen LogP contribution in [-0.4, -0.2) is 19.9 Å². The lowest BCUT2D eigenvalue weighted by atomic mass is 9.89. The smallest absolute Gasteiger partial charge is 0.0972 e. The molecule has 0 spiro atoms. The molecule has 0 unspecified atom stereocenters. The van der Waals surface area contributed by atoms with E-state index in [1.807, 2.05) is 30.5 Å². The molecule has 4 heterocycles. The highest BCUT2D eigenvalue weighted by molar-refractivity contribution is 6.33. The summed E-state index contributed by atoms with van der Waals surface area (Å²) in [4.78, 5) is 20.8. The minimum absolute atomic E-state index is 0.889. The van der Waals surface area contributed by atoms with E-state index < -0.39 is 0 Å². The Morgan fingerprint density at radius 1 is 0.293 bits per heavy atom. The zero-order valence-electron chi connectivity index (χ0n) is 31.3. The second-order valence-corrected chi connectivity index (χ2v) is 14.9. The number of rotatable bonds is 4. The highest BCUT2D eigenvalue weighted by atomic mass is 14.8. The Balaban J connectivity index is 0.996. The van der Waals surface area contributed by atoms with Crippen molar-refractivity contribution in [1.82, 2.24) is 19.9 Å². The van der Waals surface area contributed by atoms with E-state index in [0.29, 0.717) is 0 Å². The van der Waals surface area contributed by atoms with Crippen LogP contribution in [0.2, 0.25) is 0 Å². The molecule has 12 aromatic rings. The minimum Gasteiger partial charge on any atom is -0.256 e. The third-order valence-electron chi connectivity index (χ3n) is 11.7. The van der Waals surface area contributed by atoms with E-state index >= 15 is 0 Å². The van der Waals surface area contributed by atoms with E-state index in [1.54, 1.807) is 0 Å². The number of hydrogen-bond donors (Lipinski definition) is 0. The average Bonchev–Trinajstić information content (AvgIpc) is 3.31. The van der Waals surface area contributed by atoms with Crippen LogP contribution in [0.25, 0.3) is 121 Å². The van der Waals surface area contributed by atoms with Gasteiger partial charge in [0.2, 0.25) is 0 Å². The van der Waals surface area contributed by atoms with Crippen molar-refractivity contribution in [3.05, 3.63) is 194 Å². The molecule has 8 aromatic carbocycles. The molecule has 0 saturated heterocycles. The van der Waals surface area contributed by atoms with Crippen LogP contribution < -0.4 is 0 Å². The fourth-order valence-corrected chi connectivity index (χ4v) is 8.96. The van der Waals surface area contributed by atoms with Crippen LogP contribution >= 0.6 is 0 Å². The molecule has 0 fully saturated rings. The van der Waals surface area contributed by atoms with E-state index in [-0.39, 0.29) is 0 Å². The van der Waals surface area contributed by atoms with Crippen molar-refractivity contribution in [2.45, 2.75) is 0 Å². The summed E-state index contributed by atoms with van der Waals surface area (Å²) < 4.78 is 0. The number of pyridine rings is 4. The molecular formula is C54H32N4. The van der Waals surface area contributed by atoms with Crippen molar-refractivity contribution in [2.75, 3.05) is 0 Å². The van der Waals surface area contributed by atoms with Crippen LogP contribution in [0, 0.1) is 0 Å². The van der Waals surface area contributed by atoms with Crippen LogP contribution in [-0.2, 0) is 0 Å². The van der Waals surface area contributed by atoms with Gasteiger partial charge in [-0.2, -0.15) is 0 Å². The summed E-state index contributed by atoms with van der Waals surface area (Å²) in [7, 11) is 0. The fourth-order valence-electron chi connectivity index (χ4n) is 8.96. The molecule has 268 valence electrons. The molecule has 12 rings (SSSR count). The van der Waals surface area contributed by atoms with E-state index in [2.05, 4.69) is 164 Å². The Morgan fingerprint density at radius 2 is 0.845 bits per heavy atom. The Labute approximate surface area is 333 Å². The molecule has 0 aliphatic carbocycles. The van der Waals surface area contributed by atoms with Gasteiger partial charge >= 0.3 is 0 Å². The maximum Gasteiger partial charge on any atom is 0.0972 e. The lowest BCUT2D eigenvalue weighted by molar-refractivity contribution is 1.36. The highest BCUT2D eigenvalue weighted by Crippen LogP contribution is 2.43. The SMILES string of the molecule is c1ccc(-c2ccc3ccc4ccc(-c5ccc(-c6ccc(-c7nc8ccccc8c8c9ccccc9c9ccccc9c78)cc6)c6ncccc56)nc4c3n2)cc1. The van der Waals surface area contributed by atoms with Crippen LogP contribution in [0.5, 0.6) is 0 Å². The van der Waals surface area contributed by atoms with Gasteiger partial charge in [0.1, 0.15) is 0 Å². The second kappa shape index (κ2) is 12.9. The number of aromatic nitrogens is 4. The molecule has 0 aliphatic heterocycles. The molecule has 0 amide bonds. The summed E-state index contributed by atoms with van der Waals surface area (Å²) in [6, 6.07) is 66.4. The largest absolute Gasteiger partial charge is 0.256 e. The Kier molecular flexibility index (Phi) is 7.20. The standard InChI is InChI=1S/C54H32N4/c1-2-11-34(12-3-1)46-30-26-36-24-25-37-27-31-48(58-53(37)52(36)56-46)41-29-28-38(54-44(41)18-10-32-55-54)33-20-22-35(23-21-33)51-50-43-16-7-5-14-40(43)39-13-4-6-15-42(39)49(50)45-17-8-9-19-47(45)57-51/h1-32H. The maximum absolute atomic E-state index is 5.36. The van der Waals surface area contributed by atoms with E-state index in [0.717, 1.165) is 83.1 Å². The Bertz CT molecular complexity index is 3610. The van der Waals surface area contributed by atoms with Gasteiger partial charge in [0.05, 0.1) is 39.1 Å². The maximum atomic E-state index is 5.36. The van der Waals surface area contributed by atoms with Gasteiger partial charge in [-0.15, -0.1) is 0 Å². The Hall–Kier alpha value is -7.82. The van der Waals surface area contributed by atoms with Crippen molar-refractivity contribution < 1.29 is 0 Å². The third-order valence-corrected chi connectivity index (χ3v) is 11.7. The van der Waals surface area contributed by atoms with Crippen molar-refractivity contribution >= 4 is 75.9 Å². The highest BCUT2D eigenvalue weighted by Gasteiger charge is 2.18. The lowest BCUT2D eigenvalue weighted by Crippen LogP contribution is -1.94. The summed E-state index contributed by atoms with van der Waals surface area (Å²) in [6.07, 6.45) is 1.88. The number of fused-ring (bicyclic) bond motifs is 12. The number of benzene rings is 8. The molecule has 4 nitrogen and oxygen atoms in total. The van der Waals surface area contributed by atoms with Gasteiger partial charge < -0.3 is 0 Å². The van der Waals surface area contributed by atoms with E-state index in [9.17, 15) is 0 Å². The topological polar surface area (TPSA) is 51.6 Å². The Morgan fingerprint density at radius 3 is 1.59 bits per heavy atom. The zero-order valence-corrected chi connectivity index (χ0v) is 31.3. The van der Waals surface area contributed by atoms with Gasteiger partial charge in [-0.25, -0.2) is 15.0 Å². The van der Waals surface area contributed by atoms with Crippen LogP contribution in [0.15, 0.2) is 194 Å². The van der Waals surface area contributed by atoms with Gasteiger partial charge in [0.25, 0.3) is 0 Å². The first-order valence-corrected chi connectivity index (χ1v) is 19.6. The summed E-state index contributed by atoms with van der Waals surface area (Å²) in [6.45, 7) is 0. The summed E-state index contributed by atoms with van der Waals surface area (Å²) in [5.41, 5.74) is 11.9. The fraction of sp³-hybridized carbons (Fsp3) is 0. The molecule has 0 N–H and O–H groups in total. The van der Waals surface area contributed by atoms with Gasteiger partial charge in [0.15, 0.2) is 0 Å². The van der Waals surface area contributed by atoms with Crippen molar-refractivity contribution in [1.29, 1.82) is 0 Å². The molecule has 0 bridgehead atoms. The summed E-state index contributed by atoms with van der Waals surface area (Å²) in [5, 5.41) is 11.7. The van der Waals surface area contributed by atoms with Crippen molar-refractivity contribution in [2.24, 2.45) is 0 Å². The van der Waals surface area contributed by atoms with Crippen LogP contribution in [0.1, 0.15) is 0 Å². The number of hydrogen-bond acceptors (Lipinski definition) is 4. The van der Waals surface area contributed by atoms with Gasteiger partial charge in [-0.1, -0.05) is 164 Å². The third kappa shape index (κ3) is 5.02. The monoisotopic (exact) mass is 736 g/mol. The molecule has 4 heteroatoms. The minimum atomic E-state index is 0.889. The number of para-hydroxylation sites is 1. The first-order chi connectivity index (χ1) is 28.8. The van der Waals surface area contributed by atoms with Crippen LogP contribution in [0.3, 0.4) is 0 Å². The molecule has 0 saturated carbocycles. The van der Waals surface area contributed by atoms with Crippen LogP contribution in [0.4, 0.5) is 0 Å². The molecular weight excluding hydrogens is 705 g/mol. The van der Waals surface area contributed by atoms with E-state index in [4.69, 9.17) is 19.9 Å². The van der Waals surface area contributed by atoms with Gasteiger partial charge in [-0.05, 0) is 51.4 Å². The first-order valence-electron chi connectivity index (χ1n) is 19.6. The molecule has 0 radical (unpaired) electrons. The number of nitrogens with zero attached hydrogens (tertiary/aromatic N) is 4. The average molecular weight is 737 g/mol. The molecule has 0 aliphatic rings. The predicted octanol–water partition coefficient (Wildman–Crippen LogP) is 14.0.